The van der Waals surface area contributed by atoms with Crippen molar-refractivity contribution in [2.24, 2.45) is 4.99 Å². The second kappa shape index (κ2) is 9.34. The summed E-state index contributed by atoms with van der Waals surface area (Å²) < 4.78 is 0. The monoisotopic (exact) mass is 366 g/mol. The third-order valence-corrected chi connectivity index (χ3v) is 5.04. The number of nitrogens with zero attached hydrogens (tertiary/aromatic N) is 2. The Kier molecular flexibility index (Phi) is 6.61. The molecule has 5 heteroatoms. The predicted molar refractivity (Wildman–Crippen MR) is 112 cm³/mol. The van der Waals surface area contributed by atoms with Crippen molar-refractivity contribution in [1.82, 2.24) is 15.6 Å². The average molecular weight is 367 g/mol. The van der Waals surface area contributed by atoms with Crippen LogP contribution in [0.25, 0.3) is 10.8 Å². The lowest BCUT2D eigenvalue weighted by atomic mass is 10.0. The van der Waals surface area contributed by atoms with Gasteiger partial charge in [-0.15, -0.1) is 11.3 Å². The molecule has 0 saturated heterocycles. The number of guanidine groups is 1. The molecule has 0 spiro atoms. The summed E-state index contributed by atoms with van der Waals surface area (Å²) in [7, 11) is 0. The third kappa shape index (κ3) is 5.05. The van der Waals surface area contributed by atoms with E-state index < -0.39 is 0 Å². The number of aliphatic imine (C=N–C) groups is 1. The van der Waals surface area contributed by atoms with E-state index in [0.717, 1.165) is 49.1 Å². The fourth-order valence-corrected chi connectivity index (χ4v) is 3.62. The van der Waals surface area contributed by atoms with E-state index in [4.69, 9.17) is 0 Å². The number of aromatic nitrogens is 1. The highest BCUT2D eigenvalue weighted by Gasteiger charge is 2.02. The maximum atomic E-state index is 4.67. The van der Waals surface area contributed by atoms with Gasteiger partial charge in [-0.05, 0) is 36.6 Å². The number of rotatable bonds is 7. The molecule has 0 unspecified atom stereocenters. The van der Waals surface area contributed by atoms with Crippen molar-refractivity contribution in [2.75, 3.05) is 19.6 Å². The van der Waals surface area contributed by atoms with Crippen molar-refractivity contribution in [1.29, 1.82) is 0 Å². The zero-order valence-electron chi connectivity index (χ0n) is 15.5. The second-order valence-electron chi connectivity index (χ2n) is 6.18. The molecule has 0 amide bonds. The van der Waals surface area contributed by atoms with Crippen LogP contribution in [-0.4, -0.2) is 30.6 Å². The highest BCUT2D eigenvalue weighted by Crippen LogP contribution is 2.18. The minimum Gasteiger partial charge on any atom is -0.357 e. The number of aryl methyl sites for hydroxylation is 1. The Bertz CT molecular complexity index is 864. The fraction of sp³-hybridized carbons (Fsp3) is 0.333. The summed E-state index contributed by atoms with van der Waals surface area (Å²) in [5.41, 5.74) is 2.49. The van der Waals surface area contributed by atoms with Crippen LogP contribution in [0, 0.1) is 6.92 Å². The van der Waals surface area contributed by atoms with Crippen LogP contribution in [0.5, 0.6) is 0 Å². The van der Waals surface area contributed by atoms with Crippen molar-refractivity contribution in [3.63, 3.8) is 0 Å². The SMILES string of the molecule is CCNC(=NCCc1csc(C)n1)NCCc1cccc2ccccc12. The van der Waals surface area contributed by atoms with E-state index in [9.17, 15) is 0 Å². The van der Waals surface area contributed by atoms with Gasteiger partial charge in [-0.2, -0.15) is 0 Å². The normalized spacial score (nSPS) is 11.7. The first kappa shape index (κ1) is 18.4. The van der Waals surface area contributed by atoms with Crippen molar-refractivity contribution in [3.05, 3.63) is 64.1 Å². The Morgan fingerprint density at radius 2 is 1.92 bits per heavy atom. The van der Waals surface area contributed by atoms with E-state index in [0.29, 0.717) is 0 Å². The van der Waals surface area contributed by atoms with Gasteiger partial charge in [0.15, 0.2) is 5.96 Å². The average Bonchev–Trinajstić information content (AvgIpc) is 3.07. The minimum atomic E-state index is 0.743. The first-order chi connectivity index (χ1) is 12.8. The lowest BCUT2D eigenvalue weighted by Crippen LogP contribution is -2.38. The van der Waals surface area contributed by atoms with E-state index in [1.807, 2.05) is 6.92 Å². The predicted octanol–water partition coefficient (Wildman–Crippen LogP) is 3.95. The fourth-order valence-electron chi connectivity index (χ4n) is 2.97. The summed E-state index contributed by atoms with van der Waals surface area (Å²) >= 11 is 1.70. The summed E-state index contributed by atoms with van der Waals surface area (Å²) in [5.74, 6) is 0.875. The summed E-state index contributed by atoms with van der Waals surface area (Å²) in [6, 6.07) is 15.1. The van der Waals surface area contributed by atoms with Gasteiger partial charge in [0.2, 0.25) is 0 Å². The number of hydrogen-bond donors (Lipinski definition) is 2. The molecular weight excluding hydrogens is 340 g/mol. The number of hydrogen-bond acceptors (Lipinski definition) is 3. The molecule has 3 aromatic rings. The van der Waals surface area contributed by atoms with Gasteiger partial charge in [0.05, 0.1) is 10.7 Å². The van der Waals surface area contributed by atoms with Crippen LogP contribution in [0.3, 0.4) is 0 Å². The molecule has 3 rings (SSSR count). The maximum Gasteiger partial charge on any atom is 0.191 e. The van der Waals surface area contributed by atoms with E-state index >= 15 is 0 Å². The Morgan fingerprint density at radius 1 is 1.08 bits per heavy atom. The summed E-state index contributed by atoms with van der Waals surface area (Å²) in [6.45, 7) is 6.58. The molecule has 0 saturated carbocycles. The standard InChI is InChI=1S/C21H26N4S/c1-3-22-21(24-14-12-19-15-26-16(2)25-19)23-13-11-18-9-6-8-17-7-4-5-10-20(17)18/h4-10,15H,3,11-14H2,1-2H3,(H2,22,23,24). The van der Waals surface area contributed by atoms with Gasteiger partial charge in [-0.1, -0.05) is 42.5 Å². The summed E-state index contributed by atoms with van der Waals surface area (Å²) in [6.07, 6.45) is 1.85. The van der Waals surface area contributed by atoms with Crippen LogP contribution in [0.15, 0.2) is 52.8 Å². The van der Waals surface area contributed by atoms with Crippen molar-refractivity contribution in [2.45, 2.75) is 26.7 Å². The molecule has 0 aliphatic heterocycles. The topological polar surface area (TPSA) is 49.3 Å². The molecule has 0 aliphatic rings. The van der Waals surface area contributed by atoms with Crippen LogP contribution in [0.2, 0.25) is 0 Å². The second-order valence-corrected chi connectivity index (χ2v) is 7.25. The zero-order valence-corrected chi connectivity index (χ0v) is 16.3. The molecular formula is C21H26N4S. The van der Waals surface area contributed by atoms with Gasteiger partial charge in [0.25, 0.3) is 0 Å². The zero-order chi connectivity index (χ0) is 18.2. The molecule has 1 heterocycles. The van der Waals surface area contributed by atoms with Gasteiger partial charge >= 0.3 is 0 Å². The number of nitrogens with one attached hydrogen (secondary N) is 2. The lowest BCUT2D eigenvalue weighted by Gasteiger charge is -2.12. The molecule has 2 aromatic carbocycles. The van der Waals surface area contributed by atoms with Crippen LogP contribution in [-0.2, 0) is 12.8 Å². The summed E-state index contributed by atoms with van der Waals surface area (Å²) in [4.78, 5) is 9.16. The third-order valence-electron chi connectivity index (χ3n) is 4.22. The van der Waals surface area contributed by atoms with E-state index in [1.54, 1.807) is 11.3 Å². The molecule has 4 nitrogen and oxygen atoms in total. The Morgan fingerprint density at radius 3 is 2.73 bits per heavy atom. The molecule has 1 aromatic heterocycles. The maximum absolute atomic E-state index is 4.67. The van der Waals surface area contributed by atoms with Crippen LogP contribution in [0.4, 0.5) is 0 Å². The Labute approximate surface area is 159 Å². The summed E-state index contributed by atoms with van der Waals surface area (Å²) in [5, 5.41) is 12.6. The van der Waals surface area contributed by atoms with Crippen molar-refractivity contribution in [3.8, 4) is 0 Å². The van der Waals surface area contributed by atoms with Crippen molar-refractivity contribution < 1.29 is 0 Å². The van der Waals surface area contributed by atoms with Gasteiger partial charge in [0.1, 0.15) is 0 Å². The van der Waals surface area contributed by atoms with Crippen LogP contribution in [0.1, 0.15) is 23.2 Å². The first-order valence-electron chi connectivity index (χ1n) is 9.16. The molecule has 0 fully saturated rings. The van der Waals surface area contributed by atoms with E-state index in [1.165, 1.54) is 16.3 Å². The van der Waals surface area contributed by atoms with E-state index in [-0.39, 0.29) is 0 Å². The van der Waals surface area contributed by atoms with Gasteiger partial charge in [0, 0.05) is 31.4 Å². The Hall–Kier alpha value is -2.40. The van der Waals surface area contributed by atoms with Gasteiger partial charge < -0.3 is 10.6 Å². The number of fused-ring (bicyclic) bond motifs is 1. The highest BCUT2D eigenvalue weighted by atomic mass is 32.1. The molecule has 2 N–H and O–H groups in total. The van der Waals surface area contributed by atoms with Gasteiger partial charge in [-0.3, -0.25) is 4.99 Å². The molecule has 0 atom stereocenters. The number of thiazole rings is 1. The lowest BCUT2D eigenvalue weighted by molar-refractivity contribution is 0.796. The van der Waals surface area contributed by atoms with Crippen LogP contribution >= 0.6 is 11.3 Å². The molecule has 26 heavy (non-hydrogen) atoms. The van der Waals surface area contributed by atoms with Crippen LogP contribution < -0.4 is 10.6 Å². The smallest absolute Gasteiger partial charge is 0.191 e. The highest BCUT2D eigenvalue weighted by molar-refractivity contribution is 7.09. The quantitative estimate of drug-likeness (QED) is 0.492. The largest absolute Gasteiger partial charge is 0.357 e. The molecule has 136 valence electrons. The molecule has 0 aliphatic carbocycles. The van der Waals surface area contributed by atoms with E-state index in [2.05, 4.69) is 75.4 Å². The molecule has 0 bridgehead atoms. The Balaban J connectivity index is 1.55. The van der Waals surface area contributed by atoms with Crippen molar-refractivity contribution >= 4 is 28.1 Å². The van der Waals surface area contributed by atoms with Gasteiger partial charge in [-0.25, -0.2) is 4.98 Å². The first-order valence-corrected chi connectivity index (χ1v) is 10.0. The minimum absolute atomic E-state index is 0.743. The molecule has 0 radical (unpaired) electrons. The number of benzene rings is 2.